The third-order valence-electron chi connectivity index (χ3n) is 5.01. The first-order chi connectivity index (χ1) is 11.2. The van der Waals surface area contributed by atoms with E-state index in [9.17, 15) is 9.90 Å². The largest absolute Gasteiger partial charge is 0.506 e. The number of phenols is 1. The standard InChI is InChI=1S/C18H27N3O2/c22-17-7-3-2-6-16(17)19-18(23)14-20-12-8-15(9-13-20)21-10-4-1-5-11-21/h2-3,6-7,15,22H,1,4-5,8-14H2,(H,19,23). The van der Waals surface area contributed by atoms with Gasteiger partial charge in [0.1, 0.15) is 5.75 Å². The van der Waals surface area contributed by atoms with Crippen LogP contribution in [-0.2, 0) is 4.79 Å². The molecule has 0 aromatic heterocycles. The molecule has 2 saturated heterocycles. The van der Waals surface area contributed by atoms with E-state index >= 15 is 0 Å². The number of anilines is 1. The van der Waals surface area contributed by atoms with Gasteiger partial charge in [-0.2, -0.15) is 0 Å². The van der Waals surface area contributed by atoms with E-state index in [1.54, 1.807) is 24.3 Å². The Labute approximate surface area is 138 Å². The molecule has 2 heterocycles. The monoisotopic (exact) mass is 317 g/mol. The summed E-state index contributed by atoms with van der Waals surface area (Å²) in [5.41, 5.74) is 0.487. The molecule has 3 rings (SSSR count). The number of para-hydroxylation sites is 2. The second-order valence-corrected chi connectivity index (χ2v) is 6.67. The minimum atomic E-state index is -0.0528. The van der Waals surface area contributed by atoms with Crippen LogP contribution in [0.15, 0.2) is 24.3 Å². The van der Waals surface area contributed by atoms with Crippen LogP contribution in [-0.4, -0.2) is 59.6 Å². The van der Waals surface area contributed by atoms with Crippen LogP contribution in [0.1, 0.15) is 32.1 Å². The molecule has 5 nitrogen and oxygen atoms in total. The van der Waals surface area contributed by atoms with Gasteiger partial charge < -0.3 is 15.3 Å². The molecule has 1 aromatic carbocycles. The maximum atomic E-state index is 12.1. The molecular weight excluding hydrogens is 290 g/mol. The van der Waals surface area contributed by atoms with E-state index in [0.29, 0.717) is 18.3 Å². The van der Waals surface area contributed by atoms with Gasteiger partial charge in [-0.3, -0.25) is 9.69 Å². The molecule has 0 unspecified atom stereocenters. The molecular formula is C18H27N3O2. The van der Waals surface area contributed by atoms with Crippen molar-refractivity contribution in [3.05, 3.63) is 24.3 Å². The van der Waals surface area contributed by atoms with E-state index in [4.69, 9.17) is 0 Å². The average molecular weight is 317 g/mol. The summed E-state index contributed by atoms with van der Waals surface area (Å²) in [6, 6.07) is 7.55. The molecule has 126 valence electrons. The number of amides is 1. The number of likely N-dealkylation sites (tertiary alicyclic amines) is 2. The molecule has 0 saturated carbocycles. The van der Waals surface area contributed by atoms with Crippen LogP contribution in [0.2, 0.25) is 0 Å². The van der Waals surface area contributed by atoms with Gasteiger partial charge in [0.25, 0.3) is 0 Å². The van der Waals surface area contributed by atoms with Gasteiger partial charge in [0.05, 0.1) is 12.2 Å². The van der Waals surface area contributed by atoms with Crippen LogP contribution in [0, 0.1) is 0 Å². The Kier molecular flexibility index (Phi) is 5.51. The lowest BCUT2D eigenvalue weighted by Gasteiger charge is -2.40. The Morgan fingerprint density at radius 2 is 1.78 bits per heavy atom. The van der Waals surface area contributed by atoms with Crippen molar-refractivity contribution in [3.63, 3.8) is 0 Å². The molecule has 0 spiro atoms. The molecule has 2 aliphatic rings. The number of phenolic OH excluding ortho intramolecular Hbond substituents is 1. The predicted molar refractivity (Wildman–Crippen MR) is 91.6 cm³/mol. The maximum Gasteiger partial charge on any atom is 0.238 e. The number of nitrogens with one attached hydrogen (secondary N) is 1. The lowest BCUT2D eigenvalue weighted by molar-refractivity contribution is -0.117. The van der Waals surface area contributed by atoms with Gasteiger partial charge in [-0.05, 0) is 50.9 Å². The van der Waals surface area contributed by atoms with E-state index in [0.717, 1.165) is 25.9 Å². The molecule has 2 N–H and O–H groups in total. The number of benzene rings is 1. The van der Waals surface area contributed by atoms with Gasteiger partial charge in [-0.1, -0.05) is 18.6 Å². The highest BCUT2D eigenvalue weighted by atomic mass is 16.3. The Balaban J connectivity index is 1.43. The topological polar surface area (TPSA) is 55.8 Å². The molecule has 0 bridgehead atoms. The van der Waals surface area contributed by atoms with Gasteiger partial charge in [-0.15, -0.1) is 0 Å². The number of piperidine rings is 2. The zero-order chi connectivity index (χ0) is 16.1. The first-order valence-corrected chi connectivity index (χ1v) is 8.76. The van der Waals surface area contributed by atoms with E-state index in [2.05, 4.69) is 15.1 Å². The average Bonchev–Trinajstić information content (AvgIpc) is 2.58. The molecule has 5 heteroatoms. The Hall–Kier alpha value is -1.59. The molecule has 1 aromatic rings. The highest BCUT2D eigenvalue weighted by Gasteiger charge is 2.26. The number of nitrogens with zero attached hydrogens (tertiary/aromatic N) is 2. The second-order valence-electron chi connectivity index (χ2n) is 6.67. The third-order valence-corrected chi connectivity index (χ3v) is 5.01. The number of rotatable bonds is 4. The zero-order valence-electron chi connectivity index (χ0n) is 13.7. The minimum absolute atomic E-state index is 0.0528. The van der Waals surface area contributed by atoms with Crippen molar-refractivity contribution in [1.82, 2.24) is 9.80 Å². The smallest absolute Gasteiger partial charge is 0.238 e. The Morgan fingerprint density at radius 1 is 1.09 bits per heavy atom. The van der Waals surface area contributed by atoms with Crippen molar-refractivity contribution in [3.8, 4) is 5.75 Å². The molecule has 0 atom stereocenters. The van der Waals surface area contributed by atoms with Crippen LogP contribution in [0.3, 0.4) is 0 Å². The van der Waals surface area contributed by atoms with Gasteiger partial charge in [0.2, 0.25) is 5.91 Å². The van der Waals surface area contributed by atoms with Gasteiger partial charge in [0.15, 0.2) is 0 Å². The number of hydrogen-bond acceptors (Lipinski definition) is 4. The van der Waals surface area contributed by atoms with Crippen LogP contribution < -0.4 is 5.32 Å². The molecule has 2 aliphatic heterocycles. The van der Waals surface area contributed by atoms with Crippen molar-refractivity contribution in [2.45, 2.75) is 38.1 Å². The summed E-state index contributed by atoms with van der Waals surface area (Å²) in [4.78, 5) is 17.0. The van der Waals surface area contributed by atoms with Gasteiger partial charge in [0, 0.05) is 19.1 Å². The molecule has 2 fully saturated rings. The minimum Gasteiger partial charge on any atom is -0.506 e. The first kappa shape index (κ1) is 16.3. The van der Waals surface area contributed by atoms with E-state index in [-0.39, 0.29) is 11.7 Å². The Morgan fingerprint density at radius 3 is 2.48 bits per heavy atom. The third kappa shape index (κ3) is 4.45. The fourth-order valence-electron chi connectivity index (χ4n) is 3.70. The SMILES string of the molecule is O=C(CN1CCC(N2CCCCC2)CC1)Nc1ccccc1O. The van der Waals surface area contributed by atoms with Crippen molar-refractivity contribution in [2.75, 3.05) is 38.0 Å². The molecule has 1 amide bonds. The fraction of sp³-hybridized carbons (Fsp3) is 0.611. The van der Waals surface area contributed by atoms with E-state index in [1.165, 1.54) is 32.4 Å². The quantitative estimate of drug-likeness (QED) is 0.837. The van der Waals surface area contributed by atoms with Crippen LogP contribution in [0.4, 0.5) is 5.69 Å². The van der Waals surface area contributed by atoms with Crippen molar-refractivity contribution in [1.29, 1.82) is 0 Å². The summed E-state index contributed by atoms with van der Waals surface area (Å²) in [5.74, 6) is 0.0626. The summed E-state index contributed by atoms with van der Waals surface area (Å²) < 4.78 is 0. The van der Waals surface area contributed by atoms with Crippen molar-refractivity contribution >= 4 is 11.6 Å². The molecule has 23 heavy (non-hydrogen) atoms. The van der Waals surface area contributed by atoms with Crippen LogP contribution in [0.25, 0.3) is 0 Å². The van der Waals surface area contributed by atoms with Crippen LogP contribution in [0.5, 0.6) is 5.75 Å². The lowest BCUT2D eigenvalue weighted by Crippen LogP contribution is -2.48. The summed E-state index contributed by atoms with van der Waals surface area (Å²) in [6.07, 6.45) is 6.36. The Bertz CT molecular complexity index is 521. The van der Waals surface area contributed by atoms with Crippen molar-refractivity contribution < 1.29 is 9.90 Å². The zero-order valence-corrected chi connectivity index (χ0v) is 13.7. The molecule has 0 radical (unpaired) electrons. The number of carbonyl (C=O) groups is 1. The van der Waals surface area contributed by atoms with Gasteiger partial charge >= 0.3 is 0 Å². The van der Waals surface area contributed by atoms with Gasteiger partial charge in [-0.25, -0.2) is 0 Å². The highest BCUT2D eigenvalue weighted by molar-refractivity contribution is 5.93. The number of aromatic hydroxyl groups is 1. The van der Waals surface area contributed by atoms with Crippen molar-refractivity contribution in [2.24, 2.45) is 0 Å². The normalized spacial score (nSPS) is 21.2. The second kappa shape index (κ2) is 7.79. The van der Waals surface area contributed by atoms with Crippen LogP contribution >= 0.6 is 0 Å². The molecule has 0 aliphatic carbocycles. The summed E-state index contributed by atoms with van der Waals surface area (Å²) in [6.45, 7) is 4.86. The predicted octanol–water partition coefficient (Wildman–Crippen LogP) is 2.28. The summed E-state index contributed by atoms with van der Waals surface area (Å²) in [7, 11) is 0. The lowest BCUT2D eigenvalue weighted by atomic mass is 10.00. The number of carbonyl (C=O) groups excluding carboxylic acids is 1. The maximum absolute atomic E-state index is 12.1. The summed E-state index contributed by atoms with van der Waals surface area (Å²) in [5, 5.41) is 12.5. The fourth-order valence-corrected chi connectivity index (χ4v) is 3.70. The highest BCUT2D eigenvalue weighted by Crippen LogP contribution is 2.22. The summed E-state index contributed by atoms with van der Waals surface area (Å²) >= 11 is 0. The first-order valence-electron chi connectivity index (χ1n) is 8.76. The van der Waals surface area contributed by atoms with E-state index in [1.807, 2.05) is 0 Å². The number of hydrogen-bond donors (Lipinski definition) is 2. The van der Waals surface area contributed by atoms with E-state index < -0.39 is 0 Å².